The summed E-state index contributed by atoms with van der Waals surface area (Å²) in [5, 5.41) is 0. The summed E-state index contributed by atoms with van der Waals surface area (Å²) < 4.78 is 0.832. The Morgan fingerprint density at radius 1 is 1.24 bits per heavy atom. The van der Waals surface area contributed by atoms with Crippen molar-refractivity contribution >= 4 is 21.7 Å². The summed E-state index contributed by atoms with van der Waals surface area (Å²) in [5.74, 6) is 0.0827. The lowest BCUT2D eigenvalue weighted by molar-refractivity contribution is 0.0991. The molecular formula is C14H12BrNO. The highest BCUT2D eigenvalue weighted by Gasteiger charge is 2.11. The Bertz CT molecular complexity index is 551. The first-order valence-electron chi connectivity index (χ1n) is 5.36. The van der Waals surface area contributed by atoms with E-state index in [0.717, 1.165) is 15.7 Å². The van der Waals surface area contributed by atoms with Crippen LogP contribution in [0.2, 0.25) is 0 Å². The fourth-order valence-electron chi connectivity index (χ4n) is 1.64. The molecule has 0 saturated carbocycles. The summed E-state index contributed by atoms with van der Waals surface area (Å²) in [7, 11) is 0. The zero-order chi connectivity index (χ0) is 12.3. The van der Waals surface area contributed by atoms with Gasteiger partial charge in [-0.2, -0.15) is 0 Å². The number of aromatic nitrogens is 1. The van der Waals surface area contributed by atoms with Crippen molar-refractivity contribution in [2.24, 2.45) is 0 Å². The summed E-state index contributed by atoms with van der Waals surface area (Å²) in [6.07, 6.45) is 2.06. The molecule has 0 unspecified atom stereocenters. The maximum absolute atomic E-state index is 12.1. The van der Waals surface area contributed by atoms with Crippen LogP contribution < -0.4 is 0 Å². The van der Waals surface area contributed by atoms with Gasteiger partial charge >= 0.3 is 0 Å². The Balaban J connectivity index is 2.24. The first-order valence-corrected chi connectivity index (χ1v) is 6.16. The second kappa shape index (κ2) is 5.23. The van der Waals surface area contributed by atoms with Crippen molar-refractivity contribution < 1.29 is 4.79 Å². The van der Waals surface area contributed by atoms with Gasteiger partial charge in [-0.25, -0.2) is 0 Å². The molecule has 0 aliphatic rings. The predicted molar refractivity (Wildman–Crippen MR) is 71.2 cm³/mol. The number of carbonyl (C=O) groups is 1. The van der Waals surface area contributed by atoms with E-state index in [9.17, 15) is 4.79 Å². The minimum absolute atomic E-state index is 0.0827. The summed E-state index contributed by atoms with van der Waals surface area (Å²) >= 11 is 3.39. The SMILES string of the molecule is Cc1cccnc1CC(=O)c1ccccc1Br. The summed E-state index contributed by atoms with van der Waals surface area (Å²) in [6, 6.07) is 11.3. The third kappa shape index (κ3) is 2.80. The Morgan fingerprint density at radius 3 is 2.71 bits per heavy atom. The largest absolute Gasteiger partial charge is 0.294 e. The van der Waals surface area contributed by atoms with Gasteiger partial charge in [0.15, 0.2) is 5.78 Å². The highest BCUT2D eigenvalue weighted by molar-refractivity contribution is 9.10. The van der Waals surface area contributed by atoms with E-state index < -0.39 is 0 Å². The number of Topliss-reactive ketones (excluding diaryl/α,β-unsaturated/α-hetero) is 1. The quantitative estimate of drug-likeness (QED) is 0.809. The molecular weight excluding hydrogens is 278 g/mol. The van der Waals surface area contributed by atoms with Gasteiger partial charge in [0, 0.05) is 16.2 Å². The van der Waals surface area contributed by atoms with Crippen LogP contribution >= 0.6 is 15.9 Å². The normalized spacial score (nSPS) is 10.2. The molecule has 2 aromatic rings. The number of benzene rings is 1. The highest BCUT2D eigenvalue weighted by Crippen LogP contribution is 2.18. The molecule has 0 bridgehead atoms. The zero-order valence-electron chi connectivity index (χ0n) is 9.48. The van der Waals surface area contributed by atoms with Crippen LogP contribution in [0.1, 0.15) is 21.6 Å². The summed E-state index contributed by atoms with van der Waals surface area (Å²) in [6.45, 7) is 1.97. The van der Waals surface area contributed by atoms with E-state index in [1.54, 1.807) is 6.20 Å². The lowest BCUT2D eigenvalue weighted by Gasteiger charge is -2.05. The van der Waals surface area contributed by atoms with Gasteiger partial charge in [-0.05, 0) is 24.6 Å². The number of aryl methyl sites for hydroxylation is 1. The van der Waals surface area contributed by atoms with Crippen LogP contribution in [0.4, 0.5) is 0 Å². The van der Waals surface area contributed by atoms with Gasteiger partial charge in [-0.3, -0.25) is 9.78 Å². The second-order valence-corrected chi connectivity index (χ2v) is 4.70. The Morgan fingerprint density at radius 2 is 2.00 bits per heavy atom. The van der Waals surface area contributed by atoms with Crippen LogP contribution in [-0.2, 0) is 6.42 Å². The third-order valence-electron chi connectivity index (χ3n) is 2.62. The molecule has 2 nitrogen and oxygen atoms in total. The van der Waals surface area contributed by atoms with E-state index in [1.807, 2.05) is 43.3 Å². The van der Waals surface area contributed by atoms with Crippen molar-refractivity contribution in [1.29, 1.82) is 0 Å². The molecule has 0 spiro atoms. The van der Waals surface area contributed by atoms with E-state index in [4.69, 9.17) is 0 Å². The zero-order valence-corrected chi connectivity index (χ0v) is 11.1. The van der Waals surface area contributed by atoms with Gasteiger partial charge in [0.05, 0.1) is 12.1 Å². The van der Waals surface area contributed by atoms with E-state index in [0.29, 0.717) is 12.0 Å². The number of halogens is 1. The summed E-state index contributed by atoms with van der Waals surface area (Å²) in [4.78, 5) is 16.4. The van der Waals surface area contributed by atoms with Crippen molar-refractivity contribution in [2.45, 2.75) is 13.3 Å². The highest BCUT2D eigenvalue weighted by atomic mass is 79.9. The first-order chi connectivity index (χ1) is 8.18. The van der Waals surface area contributed by atoms with Crippen LogP contribution in [0.5, 0.6) is 0 Å². The van der Waals surface area contributed by atoms with Crippen molar-refractivity contribution in [2.75, 3.05) is 0 Å². The number of hydrogen-bond acceptors (Lipinski definition) is 2. The molecule has 1 heterocycles. The molecule has 0 fully saturated rings. The summed E-state index contributed by atoms with van der Waals surface area (Å²) in [5.41, 5.74) is 2.60. The van der Waals surface area contributed by atoms with Crippen LogP contribution in [0.15, 0.2) is 47.1 Å². The van der Waals surface area contributed by atoms with Crippen LogP contribution in [0.3, 0.4) is 0 Å². The van der Waals surface area contributed by atoms with Gasteiger partial charge in [-0.15, -0.1) is 0 Å². The fraction of sp³-hybridized carbons (Fsp3) is 0.143. The van der Waals surface area contributed by atoms with E-state index in [1.165, 1.54) is 0 Å². The molecule has 0 radical (unpaired) electrons. The topological polar surface area (TPSA) is 30.0 Å². The average molecular weight is 290 g/mol. The van der Waals surface area contributed by atoms with E-state index in [2.05, 4.69) is 20.9 Å². The van der Waals surface area contributed by atoms with Gasteiger partial charge < -0.3 is 0 Å². The number of ketones is 1. The second-order valence-electron chi connectivity index (χ2n) is 3.85. The third-order valence-corrected chi connectivity index (χ3v) is 3.31. The number of carbonyl (C=O) groups excluding carboxylic acids is 1. The lowest BCUT2D eigenvalue weighted by Crippen LogP contribution is -2.07. The Kier molecular flexibility index (Phi) is 3.69. The molecule has 0 atom stereocenters. The fourth-order valence-corrected chi connectivity index (χ4v) is 2.14. The first kappa shape index (κ1) is 12.0. The van der Waals surface area contributed by atoms with Crippen LogP contribution in [0.25, 0.3) is 0 Å². The maximum Gasteiger partial charge on any atom is 0.169 e. The standard InChI is InChI=1S/C14H12BrNO/c1-10-5-4-8-16-13(10)9-14(17)11-6-2-3-7-12(11)15/h2-8H,9H2,1H3. The minimum atomic E-state index is 0.0827. The molecule has 0 aliphatic carbocycles. The average Bonchev–Trinajstić information content (AvgIpc) is 2.32. The lowest BCUT2D eigenvalue weighted by atomic mass is 10.0. The van der Waals surface area contributed by atoms with E-state index in [-0.39, 0.29) is 5.78 Å². The van der Waals surface area contributed by atoms with Crippen molar-refractivity contribution in [1.82, 2.24) is 4.98 Å². The predicted octanol–water partition coefficient (Wildman–Crippen LogP) is 3.58. The maximum atomic E-state index is 12.1. The van der Waals surface area contributed by atoms with E-state index >= 15 is 0 Å². The molecule has 1 aromatic carbocycles. The monoisotopic (exact) mass is 289 g/mol. The minimum Gasteiger partial charge on any atom is -0.294 e. The van der Waals surface area contributed by atoms with Gasteiger partial charge in [0.1, 0.15) is 0 Å². The molecule has 3 heteroatoms. The molecule has 17 heavy (non-hydrogen) atoms. The van der Waals surface area contributed by atoms with Crippen LogP contribution in [-0.4, -0.2) is 10.8 Å². The number of rotatable bonds is 3. The Labute approximate surface area is 109 Å². The number of hydrogen-bond donors (Lipinski definition) is 0. The van der Waals surface area contributed by atoms with Crippen molar-refractivity contribution in [3.63, 3.8) is 0 Å². The van der Waals surface area contributed by atoms with Crippen molar-refractivity contribution in [3.05, 3.63) is 63.9 Å². The van der Waals surface area contributed by atoms with Gasteiger partial charge in [0.2, 0.25) is 0 Å². The Hall–Kier alpha value is -1.48. The number of nitrogens with zero attached hydrogens (tertiary/aromatic N) is 1. The molecule has 1 aromatic heterocycles. The van der Waals surface area contributed by atoms with Crippen LogP contribution in [0, 0.1) is 6.92 Å². The molecule has 86 valence electrons. The van der Waals surface area contributed by atoms with Crippen molar-refractivity contribution in [3.8, 4) is 0 Å². The van der Waals surface area contributed by atoms with Gasteiger partial charge in [0.25, 0.3) is 0 Å². The molecule has 0 saturated heterocycles. The molecule has 0 N–H and O–H groups in total. The van der Waals surface area contributed by atoms with Gasteiger partial charge in [-0.1, -0.05) is 40.2 Å². The number of pyridine rings is 1. The molecule has 0 amide bonds. The smallest absolute Gasteiger partial charge is 0.169 e. The molecule has 2 rings (SSSR count). The molecule has 0 aliphatic heterocycles.